The van der Waals surface area contributed by atoms with Gasteiger partial charge in [0, 0.05) is 93.5 Å². The number of carbonyl (C=O) groups is 3. The van der Waals surface area contributed by atoms with E-state index in [2.05, 4.69) is 86.4 Å². The number of hydrogen-bond donors (Lipinski definition) is 3. The monoisotopic (exact) mass is 1130 g/mol. The van der Waals surface area contributed by atoms with Crippen molar-refractivity contribution in [3.8, 4) is 11.1 Å². The number of pyridine rings is 2. The first-order chi connectivity index (χ1) is 33.5. The second-order valence-electron chi connectivity index (χ2n) is 19.0. The second kappa shape index (κ2) is 27.8. The number of ketones is 1. The van der Waals surface area contributed by atoms with E-state index < -0.39 is 6.04 Å². The van der Waals surface area contributed by atoms with E-state index in [0.29, 0.717) is 29.4 Å². The summed E-state index contributed by atoms with van der Waals surface area (Å²) in [5.41, 5.74) is 14.8. The first-order valence-electron chi connectivity index (χ1n) is 25.5. The molecule has 4 atom stereocenters. The topological polar surface area (TPSA) is 151 Å². The summed E-state index contributed by atoms with van der Waals surface area (Å²) in [6.07, 6.45) is 13.8. The Kier molecular flexibility index (Phi) is 22.4. The number of amides is 1. The number of halogens is 1. The normalized spacial score (nSPS) is 19.5. The van der Waals surface area contributed by atoms with E-state index in [1.165, 1.54) is 17.2 Å². The van der Waals surface area contributed by atoms with E-state index in [4.69, 9.17) is 11.1 Å². The van der Waals surface area contributed by atoms with Gasteiger partial charge in [-0.2, -0.15) is 7.05 Å². The molecule has 4 aromatic rings. The van der Waals surface area contributed by atoms with E-state index in [0.717, 1.165) is 125 Å². The summed E-state index contributed by atoms with van der Waals surface area (Å²) in [5.74, 6) is 0.847. The summed E-state index contributed by atoms with van der Waals surface area (Å²) in [6, 6.07) is 19.2. The van der Waals surface area contributed by atoms with Crippen LogP contribution in [-0.2, 0) is 30.7 Å². The molecule has 3 aliphatic rings. The summed E-state index contributed by atoms with van der Waals surface area (Å²) in [7, 11) is 3.46. The standard InChI is InChI=1S/C54H71FN9O3.C2H6.W/c1-6-45-31-42(22-28-64(45)52(57-4)35-63-26-20-40(21-27-63)47-15-14-44(32-49(47)55)61-50(8-7-29-65)54(67)58-5)53(66)41-11-9-38(10-12-41)39-18-24-62(25-19-39)34-36(2)30-48-37(3)59-23-17-46(48)43-13-16-51(56)60-33-43;1-2;/h9-17,23,29-30,32-33,39-40,42,45,50,52,61H,6-8,18-22,24-28,31,34-35H2,1-5H3,(H2,56,60)(H,58,67);1-2H3;/q-1;;/b36-30+;;. The Morgan fingerprint density at radius 2 is 1.63 bits per heavy atom. The molecule has 14 heteroatoms. The number of nitrogens with one attached hydrogen (secondary N) is 2. The number of nitrogens with zero attached hydrogens (tertiary/aromatic N) is 6. The number of rotatable bonds is 19. The fourth-order valence-electron chi connectivity index (χ4n) is 10.7. The molecule has 12 nitrogen and oxygen atoms in total. The van der Waals surface area contributed by atoms with Crippen molar-refractivity contribution < 1.29 is 39.8 Å². The SMILES string of the molecule is CC.CCC1CC(C(=O)c2ccc(C3CCN(C/C(C)=C/c4c(-c5ccc(N)nc5)ccnc4C)CC3)cc2)CCN1C(CN1CCC(c2ccc(NC(CCC=O)C(=O)NC)cc2F)CC1)[N-]C.[W]. The molecule has 3 fully saturated rings. The van der Waals surface area contributed by atoms with Crippen LogP contribution in [0.15, 0.2) is 78.6 Å². The molecule has 7 rings (SSSR count). The zero-order valence-electron chi connectivity index (χ0n) is 42.6. The van der Waals surface area contributed by atoms with E-state index in [1.54, 1.807) is 7.05 Å². The Labute approximate surface area is 431 Å². The number of aromatic nitrogens is 2. The molecule has 378 valence electrons. The van der Waals surface area contributed by atoms with Crippen LogP contribution in [0.2, 0.25) is 0 Å². The summed E-state index contributed by atoms with van der Waals surface area (Å²) in [4.78, 5) is 53.6. The minimum atomic E-state index is -0.609. The number of nitrogen functional groups attached to an aromatic ring is 1. The van der Waals surface area contributed by atoms with Gasteiger partial charge in [-0.05, 0) is 163 Å². The zero-order valence-corrected chi connectivity index (χ0v) is 45.6. The summed E-state index contributed by atoms with van der Waals surface area (Å²) >= 11 is 0. The Balaban J connectivity index is 0.00000300. The van der Waals surface area contributed by atoms with Crippen LogP contribution < -0.4 is 16.4 Å². The Bertz CT molecular complexity index is 2310. The number of nitrogens with two attached hydrogens (primary N) is 1. The third kappa shape index (κ3) is 14.7. The molecule has 3 aliphatic heterocycles. The van der Waals surface area contributed by atoms with Crippen LogP contribution in [0.4, 0.5) is 15.9 Å². The van der Waals surface area contributed by atoms with E-state index in [-0.39, 0.29) is 69.0 Å². The van der Waals surface area contributed by atoms with Crippen LogP contribution >= 0.6 is 0 Å². The van der Waals surface area contributed by atoms with E-state index in [9.17, 15) is 14.4 Å². The third-order valence-corrected chi connectivity index (χ3v) is 14.6. The minimum absolute atomic E-state index is 0. The molecule has 3 saturated heterocycles. The fourth-order valence-corrected chi connectivity index (χ4v) is 10.7. The first kappa shape index (κ1) is 56.3. The number of anilines is 2. The summed E-state index contributed by atoms with van der Waals surface area (Å²) in [6.45, 7) is 16.8. The maximum atomic E-state index is 15.5. The molecule has 0 spiro atoms. The van der Waals surface area contributed by atoms with Crippen LogP contribution in [0.5, 0.6) is 0 Å². The number of hydrogen-bond acceptors (Lipinski definition) is 10. The number of carbonyl (C=O) groups excluding carboxylic acids is 3. The largest absolute Gasteiger partial charge is 0.649 e. The average molecular weight is 1130 g/mol. The van der Waals surface area contributed by atoms with Gasteiger partial charge in [0.25, 0.3) is 0 Å². The van der Waals surface area contributed by atoms with Crippen molar-refractivity contribution in [1.82, 2.24) is 30.0 Å². The van der Waals surface area contributed by atoms with Crippen molar-refractivity contribution >= 4 is 35.6 Å². The van der Waals surface area contributed by atoms with Crippen molar-refractivity contribution in [3.63, 3.8) is 0 Å². The van der Waals surface area contributed by atoms with Crippen molar-refractivity contribution in [3.05, 3.63) is 118 Å². The molecule has 5 heterocycles. The molecular weight excluding hydrogens is 1050 g/mol. The van der Waals surface area contributed by atoms with Gasteiger partial charge in [0.05, 0.1) is 0 Å². The number of piperidine rings is 3. The van der Waals surface area contributed by atoms with Crippen LogP contribution in [0.25, 0.3) is 22.5 Å². The molecule has 2 aromatic heterocycles. The van der Waals surface area contributed by atoms with E-state index >= 15 is 4.39 Å². The van der Waals surface area contributed by atoms with Crippen molar-refractivity contribution in [2.24, 2.45) is 5.92 Å². The Morgan fingerprint density at radius 1 is 0.929 bits per heavy atom. The van der Waals surface area contributed by atoms with Gasteiger partial charge in [-0.15, -0.1) is 0 Å². The number of benzene rings is 2. The van der Waals surface area contributed by atoms with E-state index in [1.807, 2.05) is 63.6 Å². The molecule has 0 bridgehead atoms. The number of likely N-dealkylation sites (N-methyl/N-ethyl adjacent to an activating group) is 2. The van der Waals surface area contributed by atoms with Crippen LogP contribution in [-0.4, -0.2) is 121 Å². The van der Waals surface area contributed by atoms with Crippen LogP contribution in [0.1, 0.15) is 130 Å². The molecule has 2 aromatic carbocycles. The molecule has 4 N–H and O–H groups in total. The maximum absolute atomic E-state index is 15.5. The summed E-state index contributed by atoms with van der Waals surface area (Å²) in [5, 5.41) is 10.6. The predicted octanol–water partition coefficient (Wildman–Crippen LogP) is 9.87. The minimum Gasteiger partial charge on any atom is -0.649 e. The van der Waals surface area contributed by atoms with Crippen LogP contribution in [0.3, 0.4) is 0 Å². The zero-order chi connectivity index (χ0) is 49.5. The van der Waals surface area contributed by atoms with Gasteiger partial charge in [-0.3, -0.25) is 19.5 Å². The van der Waals surface area contributed by atoms with Crippen molar-refractivity contribution in [2.75, 3.05) is 71.0 Å². The number of aryl methyl sites for hydroxylation is 1. The van der Waals surface area contributed by atoms with Gasteiger partial charge in [0.1, 0.15) is 24.0 Å². The van der Waals surface area contributed by atoms with Crippen LogP contribution in [0, 0.1) is 18.7 Å². The molecule has 4 unspecified atom stereocenters. The number of aldehydes is 1. The molecule has 0 aliphatic carbocycles. The fraction of sp³-hybridized carbons (Fsp3) is 0.518. The summed E-state index contributed by atoms with van der Waals surface area (Å²) < 4.78 is 15.5. The van der Waals surface area contributed by atoms with Gasteiger partial charge in [0.15, 0.2) is 5.78 Å². The second-order valence-corrected chi connectivity index (χ2v) is 19.0. The van der Waals surface area contributed by atoms with Gasteiger partial charge >= 0.3 is 0 Å². The molecule has 1 amide bonds. The van der Waals surface area contributed by atoms with Crippen molar-refractivity contribution in [1.29, 1.82) is 0 Å². The quantitative estimate of drug-likeness (QED) is 0.0612. The smallest absolute Gasteiger partial charge is 0.242 e. The van der Waals surface area contributed by atoms with Gasteiger partial charge in [-0.25, -0.2) is 9.37 Å². The van der Waals surface area contributed by atoms with Crippen molar-refractivity contribution in [2.45, 2.75) is 122 Å². The molecule has 70 heavy (non-hydrogen) atoms. The average Bonchev–Trinajstić information content (AvgIpc) is 3.38. The number of likely N-dealkylation sites (tertiary alicyclic amines) is 3. The third-order valence-electron chi connectivity index (χ3n) is 14.6. The molecular formula is C56H77FN9O3W-. The molecule has 0 radical (unpaired) electrons. The Hall–Kier alpha value is -4.65. The van der Waals surface area contributed by atoms with Gasteiger partial charge in [-0.1, -0.05) is 68.9 Å². The molecule has 0 saturated carbocycles. The first-order valence-corrected chi connectivity index (χ1v) is 25.5. The number of Topliss-reactive ketones (excluding diaryl/α,β-unsaturated/α-hetero) is 1. The van der Waals surface area contributed by atoms with Gasteiger partial charge < -0.3 is 36.3 Å². The van der Waals surface area contributed by atoms with Gasteiger partial charge in [0.2, 0.25) is 5.91 Å². The Morgan fingerprint density at radius 3 is 2.26 bits per heavy atom. The predicted molar refractivity (Wildman–Crippen MR) is 279 cm³/mol. The maximum Gasteiger partial charge on any atom is 0.242 e.